The van der Waals surface area contributed by atoms with Crippen molar-refractivity contribution in [3.05, 3.63) is 54.6 Å². The highest BCUT2D eigenvalue weighted by Crippen LogP contribution is 2.19. The molecule has 2 aromatic heterocycles. The molecule has 0 atom stereocenters. The molecule has 4 nitrogen and oxygen atoms in total. The number of benzene rings is 1. The number of hydrogen-bond acceptors (Lipinski definition) is 2. The molecule has 3 aromatic rings. The van der Waals surface area contributed by atoms with Gasteiger partial charge < -0.3 is 4.98 Å². The molecular formula is C13H12N4. The van der Waals surface area contributed by atoms with Gasteiger partial charge in [-0.05, 0) is 6.92 Å². The molecule has 0 amide bonds. The van der Waals surface area contributed by atoms with Crippen molar-refractivity contribution in [2.24, 2.45) is 0 Å². The van der Waals surface area contributed by atoms with Gasteiger partial charge in [0.2, 0.25) is 5.95 Å². The molecule has 3 rings (SSSR count). The molecule has 2 heterocycles. The minimum Gasteiger partial charge on any atom is -0.330 e. The van der Waals surface area contributed by atoms with E-state index >= 15 is 0 Å². The number of aryl methyl sites for hydroxylation is 1. The summed E-state index contributed by atoms with van der Waals surface area (Å²) in [5, 5.41) is 0. The maximum atomic E-state index is 4.38. The molecule has 17 heavy (non-hydrogen) atoms. The van der Waals surface area contributed by atoms with Crippen LogP contribution in [0.15, 0.2) is 49.1 Å². The lowest BCUT2D eigenvalue weighted by Gasteiger charge is -2.04. The van der Waals surface area contributed by atoms with Gasteiger partial charge in [-0.2, -0.15) is 0 Å². The number of hydrogen-bond donors (Lipinski definition) is 1. The lowest BCUT2D eigenvalue weighted by molar-refractivity contribution is 0.969. The summed E-state index contributed by atoms with van der Waals surface area (Å²) in [6.07, 6.45) is 7.20. The van der Waals surface area contributed by atoms with Crippen molar-refractivity contribution in [2.45, 2.75) is 6.92 Å². The summed E-state index contributed by atoms with van der Waals surface area (Å²) < 4.78 is 1.94. The van der Waals surface area contributed by atoms with E-state index in [-0.39, 0.29) is 0 Å². The maximum Gasteiger partial charge on any atom is 0.212 e. The first-order valence-electron chi connectivity index (χ1n) is 5.45. The number of nitrogens with zero attached hydrogens (tertiary/aromatic N) is 3. The molecular weight excluding hydrogens is 212 g/mol. The van der Waals surface area contributed by atoms with Gasteiger partial charge in [0.1, 0.15) is 5.82 Å². The van der Waals surface area contributed by atoms with E-state index in [0.29, 0.717) is 0 Å². The third-order valence-electron chi connectivity index (χ3n) is 2.66. The van der Waals surface area contributed by atoms with Crippen molar-refractivity contribution in [1.82, 2.24) is 19.5 Å². The smallest absolute Gasteiger partial charge is 0.212 e. The van der Waals surface area contributed by atoms with E-state index in [1.165, 1.54) is 5.56 Å². The first-order valence-corrected chi connectivity index (χ1v) is 5.45. The van der Waals surface area contributed by atoms with Crippen LogP contribution in [0.5, 0.6) is 0 Å². The number of aromatic amines is 1. The maximum absolute atomic E-state index is 4.38. The third kappa shape index (κ3) is 1.73. The molecule has 0 saturated carbocycles. The van der Waals surface area contributed by atoms with Crippen LogP contribution in [-0.4, -0.2) is 19.5 Å². The number of aromatic nitrogens is 4. The van der Waals surface area contributed by atoms with Gasteiger partial charge in [0.25, 0.3) is 0 Å². The van der Waals surface area contributed by atoms with Crippen LogP contribution in [0.1, 0.15) is 5.56 Å². The molecule has 0 fully saturated rings. The Morgan fingerprint density at radius 1 is 1.06 bits per heavy atom. The molecule has 0 saturated heterocycles. The number of imidazole rings is 2. The Kier molecular flexibility index (Phi) is 2.26. The average Bonchev–Trinajstić information content (AvgIpc) is 3.00. The first-order chi connectivity index (χ1) is 8.34. The van der Waals surface area contributed by atoms with Crippen LogP contribution in [0.3, 0.4) is 0 Å². The highest BCUT2D eigenvalue weighted by Gasteiger charge is 2.08. The summed E-state index contributed by atoms with van der Waals surface area (Å²) in [4.78, 5) is 11.7. The zero-order chi connectivity index (χ0) is 11.7. The molecule has 4 heteroatoms. The van der Waals surface area contributed by atoms with Crippen LogP contribution in [-0.2, 0) is 0 Å². The quantitative estimate of drug-likeness (QED) is 0.727. The first kappa shape index (κ1) is 9.84. The second-order valence-electron chi connectivity index (χ2n) is 3.90. The summed E-state index contributed by atoms with van der Waals surface area (Å²) in [5.74, 6) is 1.66. The van der Waals surface area contributed by atoms with Crippen molar-refractivity contribution in [2.75, 3.05) is 0 Å². The van der Waals surface area contributed by atoms with Crippen LogP contribution < -0.4 is 0 Å². The van der Waals surface area contributed by atoms with Crippen molar-refractivity contribution in [3.8, 4) is 17.3 Å². The van der Waals surface area contributed by atoms with Crippen molar-refractivity contribution < 1.29 is 0 Å². The van der Waals surface area contributed by atoms with Crippen LogP contribution in [0.25, 0.3) is 17.3 Å². The SMILES string of the molecule is Cc1ccc(-c2nccn2-c2ncc[nH]2)cc1. The standard InChI is InChI=1S/C13H12N4/c1-10-2-4-11(5-3-10)12-14-8-9-17(12)13-15-6-7-16-13/h2-9H,1H3,(H,15,16). The molecule has 1 aromatic carbocycles. The Hall–Kier alpha value is -2.36. The zero-order valence-corrected chi connectivity index (χ0v) is 9.46. The van der Waals surface area contributed by atoms with Gasteiger partial charge >= 0.3 is 0 Å². The molecule has 84 valence electrons. The highest BCUT2D eigenvalue weighted by atomic mass is 15.2. The largest absolute Gasteiger partial charge is 0.330 e. The Morgan fingerprint density at radius 3 is 2.59 bits per heavy atom. The molecule has 0 aliphatic carbocycles. The molecule has 0 spiro atoms. The van der Waals surface area contributed by atoms with E-state index < -0.39 is 0 Å². The summed E-state index contributed by atoms with van der Waals surface area (Å²) in [6, 6.07) is 8.29. The Labute approximate surface area is 99.0 Å². The monoisotopic (exact) mass is 224 g/mol. The topological polar surface area (TPSA) is 46.5 Å². The van der Waals surface area contributed by atoms with E-state index in [1.807, 2.05) is 10.8 Å². The minimum absolute atomic E-state index is 0.776. The van der Waals surface area contributed by atoms with Gasteiger partial charge in [0.05, 0.1) is 0 Å². The van der Waals surface area contributed by atoms with Gasteiger partial charge in [-0.25, -0.2) is 9.97 Å². The Balaban J connectivity index is 2.10. The second kappa shape index (κ2) is 3.90. The zero-order valence-electron chi connectivity index (χ0n) is 9.46. The fraction of sp³-hybridized carbons (Fsp3) is 0.0769. The summed E-state index contributed by atoms with van der Waals surface area (Å²) in [6.45, 7) is 2.07. The van der Waals surface area contributed by atoms with Crippen LogP contribution >= 0.6 is 0 Å². The molecule has 0 aliphatic rings. The fourth-order valence-electron chi connectivity index (χ4n) is 1.78. The molecule has 0 unspecified atom stereocenters. The summed E-state index contributed by atoms with van der Waals surface area (Å²) in [7, 11) is 0. The van der Waals surface area contributed by atoms with Crippen molar-refractivity contribution >= 4 is 0 Å². The minimum atomic E-state index is 0.776. The fourth-order valence-corrected chi connectivity index (χ4v) is 1.78. The van der Waals surface area contributed by atoms with E-state index in [9.17, 15) is 0 Å². The van der Waals surface area contributed by atoms with Crippen LogP contribution in [0, 0.1) is 6.92 Å². The average molecular weight is 224 g/mol. The molecule has 0 radical (unpaired) electrons. The van der Waals surface area contributed by atoms with E-state index in [1.54, 1.807) is 18.6 Å². The lowest BCUT2D eigenvalue weighted by Crippen LogP contribution is -1.98. The van der Waals surface area contributed by atoms with Gasteiger partial charge in [-0.3, -0.25) is 4.57 Å². The van der Waals surface area contributed by atoms with E-state index in [2.05, 4.69) is 46.1 Å². The number of H-pyrrole nitrogens is 1. The van der Waals surface area contributed by atoms with Gasteiger partial charge in [-0.1, -0.05) is 29.8 Å². The third-order valence-corrected chi connectivity index (χ3v) is 2.66. The number of nitrogens with one attached hydrogen (secondary N) is 1. The van der Waals surface area contributed by atoms with Gasteiger partial charge in [0.15, 0.2) is 0 Å². The lowest BCUT2D eigenvalue weighted by atomic mass is 10.1. The van der Waals surface area contributed by atoms with E-state index in [0.717, 1.165) is 17.3 Å². The predicted molar refractivity (Wildman–Crippen MR) is 65.9 cm³/mol. The Morgan fingerprint density at radius 2 is 1.88 bits per heavy atom. The molecule has 0 aliphatic heterocycles. The van der Waals surface area contributed by atoms with Crippen molar-refractivity contribution in [3.63, 3.8) is 0 Å². The van der Waals surface area contributed by atoms with Gasteiger partial charge in [0, 0.05) is 30.4 Å². The molecule has 0 bridgehead atoms. The van der Waals surface area contributed by atoms with Crippen molar-refractivity contribution in [1.29, 1.82) is 0 Å². The summed E-state index contributed by atoms with van der Waals surface area (Å²) >= 11 is 0. The molecule has 1 N–H and O–H groups in total. The van der Waals surface area contributed by atoms with Crippen LogP contribution in [0.2, 0.25) is 0 Å². The summed E-state index contributed by atoms with van der Waals surface area (Å²) in [5.41, 5.74) is 2.32. The van der Waals surface area contributed by atoms with Crippen LogP contribution in [0.4, 0.5) is 0 Å². The predicted octanol–water partition coefficient (Wildman–Crippen LogP) is 2.57. The Bertz CT molecular complexity index is 605. The second-order valence-corrected chi connectivity index (χ2v) is 3.90. The van der Waals surface area contributed by atoms with Gasteiger partial charge in [-0.15, -0.1) is 0 Å². The van der Waals surface area contributed by atoms with E-state index in [4.69, 9.17) is 0 Å². The number of rotatable bonds is 2. The highest BCUT2D eigenvalue weighted by molar-refractivity contribution is 5.57. The normalized spacial score (nSPS) is 10.6.